The number of esters is 1. The van der Waals surface area contributed by atoms with Crippen LogP contribution < -0.4 is 4.74 Å². The van der Waals surface area contributed by atoms with E-state index in [1.807, 2.05) is 36.7 Å². The van der Waals surface area contributed by atoms with Crippen molar-refractivity contribution in [1.82, 2.24) is 14.9 Å². The number of carbonyl (C=O) groups is 2. The second kappa shape index (κ2) is 10.9. The van der Waals surface area contributed by atoms with Crippen molar-refractivity contribution < 1.29 is 23.8 Å². The van der Waals surface area contributed by atoms with Crippen LogP contribution in [0.15, 0.2) is 54.9 Å². The van der Waals surface area contributed by atoms with E-state index >= 15 is 0 Å². The van der Waals surface area contributed by atoms with Gasteiger partial charge in [-0.2, -0.15) is 0 Å². The number of nitrogens with one attached hydrogen (secondary N) is 2. The number of carbonyl (C=O) groups excluding carboxylic acids is 2. The van der Waals surface area contributed by atoms with E-state index in [1.54, 1.807) is 12.1 Å². The van der Waals surface area contributed by atoms with Crippen LogP contribution in [0.4, 0.5) is 4.79 Å². The monoisotopic (exact) mass is 501 g/mol. The first-order chi connectivity index (χ1) is 18.1. The highest BCUT2D eigenvalue weighted by molar-refractivity contribution is 5.96. The topological polar surface area (TPSA) is 96.6 Å². The maximum atomic E-state index is 11.9. The number of hydrogen-bond donors (Lipinski definition) is 2. The number of aromatic amines is 2. The Hall–Kier alpha value is -4.04. The van der Waals surface area contributed by atoms with Gasteiger partial charge in [0.2, 0.25) is 0 Å². The van der Waals surface area contributed by atoms with E-state index in [0.717, 1.165) is 72.7 Å². The van der Waals surface area contributed by atoms with Gasteiger partial charge in [-0.25, -0.2) is 9.59 Å². The summed E-state index contributed by atoms with van der Waals surface area (Å²) in [4.78, 5) is 32.5. The Morgan fingerprint density at radius 1 is 0.946 bits per heavy atom. The Balaban J connectivity index is 1.16. The molecule has 0 saturated carbocycles. The van der Waals surface area contributed by atoms with Gasteiger partial charge in [0.05, 0.1) is 19.8 Å². The molecule has 0 aliphatic carbocycles. The van der Waals surface area contributed by atoms with E-state index in [1.165, 1.54) is 25.4 Å². The van der Waals surface area contributed by atoms with E-state index in [-0.39, 0.29) is 5.97 Å². The number of rotatable bonds is 8. The summed E-state index contributed by atoms with van der Waals surface area (Å²) in [5, 5.41) is 2.13. The fourth-order valence-corrected chi connectivity index (χ4v) is 5.01. The number of aryl methyl sites for hydroxylation is 1. The minimum atomic E-state index is -0.723. The summed E-state index contributed by atoms with van der Waals surface area (Å²) in [6.45, 7) is 2.97. The van der Waals surface area contributed by atoms with Crippen LogP contribution in [-0.2, 0) is 15.9 Å². The lowest BCUT2D eigenvalue weighted by atomic mass is 9.98. The van der Waals surface area contributed by atoms with Crippen molar-refractivity contribution >= 4 is 39.5 Å². The first kappa shape index (κ1) is 24.6. The van der Waals surface area contributed by atoms with E-state index in [2.05, 4.69) is 25.7 Å². The van der Waals surface area contributed by atoms with Crippen LogP contribution in [0.5, 0.6) is 5.75 Å². The maximum Gasteiger partial charge on any atom is 0.513 e. The zero-order chi connectivity index (χ0) is 25.8. The summed E-state index contributed by atoms with van der Waals surface area (Å²) < 4.78 is 14.7. The van der Waals surface area contributed by atoms with E-state index < -0.39 is 6.16 Å². The Kier molecular flexibility index (Phi) is 7.28. The molecule has 5 rings (SSSR count). The normalized spacial score (nSPS) is 14.1. The molecular formula is C29H31N3O5. The molecule has 4 aromatic rings. The number of hydrogen-bond acceptors (Lipinski definition) is 6. The summed E-state index contributed by atoms with van der Waals surface area (Å²) in [5.74, 6) is 0.157. The lowest BCUT2D eigenvalue weighted by Gasteiger charge is -2.26. The number of methoxy groups -OCH3 is 2. The predicted molar refractivity (Wildman–Crippen MR) is 143 cm³/mol. The van der Waals surface area contributed by atoms with Gasteiger partial charge in [0, 0.05) is 52.9 Å². The average Bonchev–Trinajstić information content (AvgIpc) is 3.54. The summed E-state index contributed by atoms with van der Waals surface area (Å²) in [6, 6.07) is 11.2. The highest BCUT2D eigenvalue weighted by Crippen LogP contribution is 2.32. The molecule has 2 aromatic carbocycles. The zero-order valence-electron chi connectivity index (χ0n) is 21.1. The van der Waals surface area contributed by atoms with Gasteiger partial charge in [0.1, 0.15) is 5.75 Å². The van der Waals surface area contributed by atoms with Crippen molar-refractivity contribution in [1.29, 1.82) is 0 Å². The van der Waals surface area contributed by atoms with Crippen molar-refractivity contribution in [3.05, 3.63) is 71.6 Å². The molecule has 0 radical (unpaired) electrons. The van der Waals surface area contributed by atoms with Gasteiger partial charge in [0.15, 0.2) is 0 Å². The minimum absolute atomic E-state index is 0.311. The third-order valence-electron chi connectivity index (χ3n) is 7.02. The third kappa shape index (κ3) is 5.39. The molecule has 8 heteroatoms. The average molecular weight is 502 g/mol. The number of benzene rings is 2. The van der Waals surface area contributed by atoms with E-state index in [4.69, 9.17) is 9.47 Å². The second-order valence-corrected chi connectivity index (χ2v) is 9.27. The lowest BCUT2D eigenvalue weighted by Crippen LogP contribution is -2.29. The molecule has 1 aliphatic heterocycles. The molecule has 8 nitrogen and oxygen atoms in total. The molecule has 2 aromatic heterocycles. The van der Waals surface area contributed by atoms with Crippen molar-refractivity contribution in [2.45, 2.75) is 25.7 Å². The molecule has 0 atom stereocenters. The number of ether oxygens (including phenoxy) is 3. The number of fused-ring (bicyclic) bond motifs is 2. The van der Waals surface area contributed by atoms with Gasteiger partial charge in [0.25, 0.3) is 0 Å². The predicted octanol–water partition coefficient (Wildman–Crippen LogP) is 5.69. The summed E-state index contributed by atoms with van der Waals surface area (Å²) in [5.41, 5.74) is 6.31. The fourth-order valence-electron chi connectivity index (χ4n) is 5.01. The number of aromatic nitrogens is 2. The third-order valence-corrected chi connectivity index (χ3v) is 7.02. The van der Waals surface area contributed by atoms with Gasteiger partial charge < -0.3 is 24.2 Å². The minimum Gasteiger partial charge on any atom is -0.465 e. The Bertz CT molecular complexity index is 1470. The van der Waals surface area contributed by atoms with Crippen LogP contribution >= 0.6 is 0 Å². The molecule has 3 heterocycles. The van der Waals surface area contributed by atoms with Gasteiger partial charge in [-0.1, -0.05) is 6.08 Å². The van der Waals surface area contributed by atoms with Gasteiger partial charge in [-0.05, 0) is 79.8 Å². The quantitative estimate of drug-likeness (QED) is 0.183. The Labute approximate surface area is 215 Å². The molecular weight excluding hydrogens is 470 g/mol. The maximum absolute atomic E-state index is 11.9. The van der Waals surface area contributed by atoms with E-state index in [0.29, 0.717) is 11.3 Å². The first-order valence-corrected chi connectivity index (χ1v) is 12.5. The number of nitrogens with zero attached hydrogens (tertiary/aromatic N) is 1. The van der Waals surface area contributed by atoms with Crippen LogP contribution in [0.2, 0.25) is 0 Å². The van der Waals surface area contributed by atoms with Crippen molar-refractivity contribution in [2.75, 3.05) is 33.9 Å². The molecule has 37 heavy (non-hydrogen) atoms. The Morgan fingerprint density at radius 2 is 1.76 bits per heavy atom. The van der Waals surface area contributed by atoms with Crippen molar-refractivity contribution in [3.63, 3.8) is 0 Å². The van der Waals surface area contributed by atoms with Crippen LogP contribution in [0.25, 0.3) is 27.4 Å². The molecule has 0 amide bonds. The zero-order valence-corrected chi connectivity index (χ0v) is 21.1. The van der Waals surface area contributed by atoms with Gasteiger partial charge in [-0.3, -0.25) is 4.90 Å². The van der Waals surface area contributed by atoms with Crippen LogP contribution in [-0.4, -0.2) is 60.8 Å². The molecule has 0 spiro atoms. The van der Waals surface area contributed by atoms with Crippen LogP contribution in [0, 0.1) is 0 Å². The summed E-state index contributed by atoms with van der Waals surface area (Å²) in [6.07, 6.45) is 9.76. The fraction of sp³-hybridized carbons (Fsp3) is 0.310. The summed E-state index contributed by atoms with van der Waals surface area (Å²) >= 11 is 0. The largest absolute Gasteiger partial charge is 0.513 e. The standard InChI is InChI=1S/C29H31N3O5/c1-35-28(33)20-6-8-26-23(15-20)21(17-30-26)5-3-4-12-32-13-10-19(11-14-32)25-18-31-27-9-7-22(16-24(25)27)37-29(34)36-2/h6-10,15-18,30-31H,3-5,11-14H2,1-2H3. The Morgan fingerprint density at radius 3 is 2.54 bits per heavy atom. The van der Waals surface area contributed by atoms with Crippen molar-refractivity contribution in [3.8, 4) is 5.75 Å². The molecule has 2 N–H and O–H groups in total. The van der Waals surface area contributed by atoms with Crippen LogP contribution in [0.3, 0.4) is 0 Å². The first-order valence-electron chi connectivity index (χ1n) is 12.5. The highest BCUT2D eigenvalue weighted by Gasteiger charge is 2.17. The number of H-pyrrole nitrogens is 2. The lowest BCUT2D eigenvalue weighted by molar-refractivity contribution is 0.0601. The highest BCUT2D eigenvalue weighted by atomic mass is 16.7. The smallest absolute Gasteiger partial charge is 0.465 e. The molecule has 1 aliphatic rings. The molecule has 0 bridgehead atoms. The molecule has 192 valence electrons. The SMILES string of the molecule is COC(=O)Oc1ccc2[nH]cc(C3=CCN(CCCCc4c[nH]c5ccc(C(=O)OC)cc45)CC3)c2c1. The van der Waals surface area contributed by atoms with Crippen LogP contribution in [0.1, 0.15) is 40.7 Å². The number of unbranched alkanes of at least 4 members (excludes halogenated alkanes) is 1. The van der Waals surface area contributed by atoms with E-state index in [9.17, 15) is 9.59 Å². The molecule has 0 saturated heterocycles. The molecule has 0 fully saturated rings. The summed E-state index contributed by atoms with van der Waals surface area (Å²) in [7, 11) is 2.70. The second-order valence-electron chi connectivity index (χ2n) is 9.27. The molecule has 0 unspecified atom stereocenters. The van der Waals surface area contributed by atoms with Gasteiger partial charge in [-0.15, -0.1) is 0 Å². The van der Waals surface area contributed by atoms with Crippen molar-refractivity contribution in [2.24, 2.45) is 0 Å². The van der Waals surface area contributed by atoms with Gasteiger partial charge >= 0.3 is 12.1 Å².